The van der Waals surface area contributed by atoms with Crippen molar-refractivity contribution in [2.75, 3.05) is 43.4 Å². The van der Waals surface area contributed by atoms with Crippen LogP contribution in [0.2, 0.25) is 0 Å². The summed E-state index contributed by atoms with van der Waals surface area (Å²) in [6, 6.07) is 11.4. The Balaban J connectivity index is 0.00000361. The van der Waals surface area contributed by atoms with E-state index in [-0.39, 0.29) is 29.0 Å². The van der Waals surface area contributed by atoms with Gasteiger partial charge >= 0.3 is 10.1 Å². The van der Waals surface area contributed by atoms with Gasteiger partial charge in [0.1, 0.15) is 10.6 Å². The Kier molecular flexibility index (Phi) is 10.3. The number of carbonyl (C=O) groups is 1. The van der Waals surface area contributed by atoms with E-state index in [1.165, 1.54) is 23.5 Å². The molecule has 4 N–H and O–H groups in total. The molecule has 0 atom stereocenters. The second-order valence-corrected chi connectivity index (χ2v) is 11.0. The summed E-state index contributed by atoms with van der Waals surface area (Å²) in [5, 5.41) is 13.1. The molecule has 2 heterocycles. The number of nitrogens with one attached hydrogen (secondary N) is 4. The average Bonchev–Trinajstić information content (AvgIpc) is 3.24. The lowest BCUT2D eigenvalue weighted by Gasteiger charge is -2.21. The van der Waals surface area contributed by atoms with E-state index < -0.39 is 10.1 Å². The van der Waals surface area contributed by atoms with Crippen molar-refractivity contribution in [2.24, 2.45) is 5.92 Å². The van der Waals surface area contributed by atoms with Gasteiger partial charge in [0.05, 0.1) is 10.2 Å². The van der Waals surface area contributed by atoms with E-state index in [4.69, 9.17) is 4.18 Å². The van der Waals surface area contributed by atoms with Gasteiger partial charge in [-0.25, -0.2) is 4.98 Å². The van der Waals surface area contributed by atoms with Gasteiger partial charge < -0.3 is 25.5 Å². The van der Waals surface area contributed by atoms with Crippen molar-refractivity contribution in [1.29, 1.82) is 0 Å². The maximum atomic E-state index is 12.8. The molecule has 1 aromatic heterocycles. The fourth-order valence-electron chi connectivity index (χ4n) is 3.91. The Bertz CT molecular complexity index is 1250. The number of rotatable bonds is 11. The van der Waals surface area contributed by atoms with Gasteiger partial charge in [-0.1, -0.05) is 18.3 Å². The Labute approximate surface area is 222 Å². The smallest absolute Gasteiger partial charge is 0.339 e. The molecule has 0 unspecified atom stereocenters. The number of anilines is 2. The second kappa shape index (κ2) is 13.2. The fraction of sp³-hybridized carbons (Fsp3) is 0.417. The minimum absolute atomic E-state index is 0. The lowest BCUT2D eigenvalue weighted by Crippen LogP contribution is -2.30. The van der Waals surface area contributed by atoms with E-state index in [0.29, 0.717) is 23.0 Å². The zero-order valence-electron chi connectivity index (χ0n) is 20.1. The molecule has 1 fully saturated rings. The number of amides is 1. The number of piperidine rings is 1. The largest absolute Gasteiger partial charge is 0.384 e. The molecular weight excluding hydrogens is 522 g/mol. The summed E-state index contributed by atoms with van der Waals surface area (Å²) >= 11 is 1.29. The van der Waals surface area contributed by atoms with Crippen molar-refractivity contribution in [3.05, 3.63) is 42.5 Å². The Morgan fingerprint density at radius 1 is 1.14 bits per heavy atom. The van der Waals surface area contributed by atoms with E-state index in [1.54, 1.807) is 30.3 Å². The highest BCUT2D eigenvalue weighted by Gasteiger charge is 2.19. The number of hydrogen-bond donors (Lipinski definition) is 4. The first kappa shape index (κ1) is 28.1. The molecule has 0 bridgehead atoms. The summed E-state index contributed by atoms with van der Waals surface area (Å²) < 4.78 is 31.6. The number of halogens is 1. The maximum Gasteiger partial charge on any atom is 0.339 e. The lowest BCUT2D eigenvalue weighted by molar-refractivity contribution is -0.117. The molecule has 1 amide bonds. The van der Waals surface area contributed by atoms with Crippen molar-refractivity contribution < 1.29 is 17.4 Å². The zero-order valence-corrected chi connectivity index (χ0v) is 22.5. The second-order valence-electron chi connectivity index (χ2n) is 8.44. The number of aromatic nitrogens is 1. The van der Waals surface area contributed by atoms with E-state index in [2.05, 4.69) is 26.3 Å². The first-order valence-corrected chi connectivity index (χ1v) is 14.1. The van der Waals surface area contributed by atoms with Crippen LogP contribution in [-0.2, 0) is 14.9 Å². The number of likely N-dealkylation sites (N-methyl/N-ethyl adjacent to an activating group) is 1. The highest BCUT2D eigenvalue weighted by Crippen LogP contribution is 2.31. The summed E-state index contributed by atoms with van der Waals surface area (Å²) in [7, 11) is -3.99. The van der Waals surface area contributed by atoms with Crippen molar-refractivity contribution in [3.63, 3.8) is 0 Å². The van der Waals surface area contributed by atoms with Gasteiger partial charge in [-0.2, -0.15) is 8.42 Å². The predicted molar refractivity (Wildman–Crippen MR) is 147 cm³/mol. The molecule has 1 aliphatic rings. The van der Waals surface area contributed by atoms with Crippen molar-refractivity contribution in [1.82, 2.24) is 15.6 Å². The topological polar surface area (TPSA) is 121 Å². The van der Waals surface area contributed by atoms with Crippen LogP contribution in [-0.4, -0.2) is 52.0 Å². The number of hydrogen-bond acceptors (Lipinski definition) is 9. The minimum Gasteiger partial charge on any atom is -0.384 e. The third-order valence-corrected chi connectivity index (χ3v) is 7.96. The molecule has 12 heteroatoms. The van der Waals surface area contributed by atoms with Crippen LogP contribution in [0, 0.1) is 5.92 Å². The van der Waals surface area contributed by atoms with Gasteiger partial charge in [0.2, 0.25) is 5.91 Å². The Morgan fingerprint density at radius 2 is 1.89 bits per heavy atom. The summed E-state index contributed by atoms with van der Waals surface area (Å²) in [5.41, 5.74) is 1.51. The van der Waals surface area contributed by atoms with E-state index in [0.717, 1.165) is 56.0 Å². The van der Waals surface area contributed by atoms with Crippen LogP contribution in [0.1, 0.15) is 26.2 Å². The number of thiazole rings is 1. The molecule has 0 saturated carbocycles. The predicted octanol–water partition coefficient (Wildman–Crippen LogP) is 3.84. The zero-order chi connectivity index (χ0) is 24.7. The van der Waals surface area contributed by atoms with E-state index in [1.807, 2.05) is 6.92 Å². The Hall–Kier alpha value is -2.44. The van der Waals surface area contributed by atoms with Crippen molar-refractivity contribution in [2.45, 2.75) is 31.1 Å². The SMILES string of the molecule is CCNCCNc1ccc(S(=O)(=O)Oc2ccc3nc(NC(=O)CC4CCNCC4)sc3c2)cc1.Cl. The summed E-state index contributed by atoms with van der Waals surface area (Å²) in [5.74, 6) is 0.537. The molecule has 9 nitrogen and oxygen atoms in total. The molecule has 1 aliphatic heterocycles. The molecule has 2 aromatic carbocycles. The third-order valence-electron chi connectivity index (χ3n) is 5.77. The van der Waals surface area contributed by atoms with Gasteiger partial charge in [-0.15, -0.1) is 12.4 Å². The molecule has 0 aliphatic carbocycles. The monoisotopic (exact) mass is 553 g/mol. The summed E-state index contributed by atoms with van der Waals surface area (Å²) in [6.07, 6.45) is 2.48. The molecule has 4 rings (SSSR count). The molecular formula is C24H32ClN5O4S2. The standard InChI is InChI=1S/C24H31N5O4S2.ClH/c1-2-25-13-14-27-18-3-6-20(7-4-18)35(31,32)33-19-5-8-21-22(16-19)34-24(28-21)29-23(30)15-17-9-11-26-12-10-17;/h3-8,16-17,25-27H,2,9-15H2,1H3,(H,28,29,30);1H. The quantitative estimate of drug-likeness (QED) is 0.209. The molecule has 1 saturated heterocycles. The van der Waals surface area contributed by atoms with Crippen LogP contribution in [0.3, 0.4) is 0 Å². The fourth-order valence-corrected chi connectivity index (χ4v) is 5.75. The first-order valence-electron chi connectivity index (χ1n) is 11.8. The van der Waals surface area contributed by atoms with Crippen LogP contribution in [0.4, 0.5) is 10.8 Å². The van der Waals surface area contributed by atoms with Gasteiger partial charge in [-0.3, -0.25) is 4.79 Å². The van der Waals surface area contributed by atoms with Gasteiger partial charge in [0.15, 0.2) is 5.13 Å². The molecule has 0 spiro atoms. The highest BCUT2D eigenvalue weighted by atomic mass is 35.5. The van der Waals surface area contributed by atoms with E-state index in [9.17, 15) is 13.2 Å². The third kappa shape index (κ3) is 7.78. The Morgan fingerprint density at radius 3 is 2.61 bits per heavy atom. The number of nitrogens with zero attached hydrogens (tertiary/aromatic N) is 1. The normalized spacial score (nSPS) is 14.2. The minimum atomic E-state index is -3.99. The summed E-state index contributed by atoms with van der Waals surface area (Å²) in [4.78, 5) is 16.9. The number of carbonyl (C=O) groups excluding carboxylic acids is 1. The van der Waals surface area contributed by atoms with Gasteiger partial charge in [0.25, 0.3) is 0 Å². The highest BCUT2D eigenvalue weighted by molar-refractivity contribution is 7.87. The van der Waals surface area contributed by atoms with Crippen molar-refractivity contribution >= 4 is 60.8 Å². The van der Waals surface area contributed by atoms with Crippen LogP contribution in [0.15, 0.2) is 47.4 Å². The maximum absolute atomic E-state index is 12.8. The number of fused-ring (bicyclic) bond motifs is 1. The van der Waals surface area contributed by atoms with Gasteiger partial charge in [0, 0.05) is 31.3 Å². The van der Waals surface area contributed by atoms with Crippen LogP contribution in [0.25, 0.3) is 10.2 Å². The molecule has 36 heavy (non-hydrogen) atoms. The number of benzene rings is 2. The first-order chi connectivity index (χ1) is 16.9. The summed E-state index contributed by atoms with van der Waals surface area (Å²) in [6.45, 7) is 6.40. The lowest BCUT2D eigenvalue weighted by atomic mass is 9.94. The van der Waals surface area contributed by atoms with Crippen LogP contribution >= 0.6 is 23.7 Å². The van der Waals surface area contributed by atoms with Crippen LogP contribution in [0.5, 0.6) is 5.75 Å². The molecule has 3 aromatic rings. The molecule has 0 radical (unpaired) electrons. The van der Waals surface area contributed by atoms with Gasteiger partial charge in [-0.05, 0) is 74.8 Å². The average molecular weight is 554 g/mol. The van der Waals surface area contributed by atoms with Crippen LogP contribution < -0.4 is 25.5 Å². The van der Waals surface area contributed by atoms with Crippen molar-refractivity contribution in [3.8, 4) is 5.75 Å². The molecule has 196 valence electrons. The van der Waals surface area contributed by atoms with E-state index >= 15 is 0 Å².